The topological polar surface area (TPSA) is 107 Å². The summed E-state index contributed by atoms with van der Waals surface area (Å²) in [7, 11) is -2.34. The first-order valence-corrected chi connectivity index (χ1v) is 12.0. The Morgan fingerprint density at radius 3 is 2.75 bits per heavy atom. The molecule has 1 aromatic heterocycles. The van der Waals surface area contributed by atoms with E-state index in [9.17, 15) is 13.2 Å². The molecule has 1 aliphatic heterocycles. The number of methoxy groups -OCH3 is 1. The number of nitrogens with one attached hydrogen (secondary N) is 1. The summed E-state index contributed by atoms with van der Waals surface area (Å²) < 4.78 is 43.7. The predicted octanol–water partition coefficient (Wildman–Crippen LogP) is 1.76. The van der Waals surface area contributed by atoms with Crippen molar-refractivity contribution in [2.75, 3.05) is 40.0 Å². The van der Waals surface area contributed by atoms with Gasteiger partial charge in [0.2, 0.25) is 21.8 Å². The summed E-state index contributed by atoms with van der Waals surface area (Å²) in [6, 6.07) is 8.40. The maximum atomic E-state index is 13.1. The molecule has 0 atom stereocenters. The van der Waals surface area contributed by atoms with Crippen molar-refractivity contribution in [2.24, 2.45) is 0 Å². The smallest absolute Gasteiger partial charge is 0.246 e. The van der Waals surface area contributed by atoms with Gasteiger partial charge >= 0.3 is 0 Å². The Balaban J connectivity index is 1.70. The third kappa shape index (κ3) is 5.96. The fraction of sp³-hybridized carbons (Fsp3) is 0.455. The van der Waals surface area contributed by atoms with Crippen LogP contribution in [0.2, 0.25) is 0 Å². The van der Waals surface area contributed by atoms with Gasteiger partial charge in [0.15, 0.2) is 0 Å². The van der Waals surface area contributed by atoms with Crippen molar-refractivity contribution < 1.29 is 27.4 Å². The molecule has 0 aliphatic carbocycles. The SMILES string of the molecule is CCCOc1ncccc1CNC(=O)Cc1ccc(OC)c(S(=O)(=O)N2CCOCC2)c1. The van der Waals surface area contributed by atoms with Crippen LogP contribution in [0.1, 0.15) is 24.5 Å². The molecule has 0 spiro atoms. The minimum Gasteiger partial charge on any atom is -0.495 e. The van der Waals surface area contributed by atoms with Gasteiger partial charge in [-0.2, -0.15) is 4.31 Å². The van der Waals surface area contributed by atoms with Gasteiger partial charge in [-0.3, -0.25) is 4.79 Å². The number of nitrogens with zero attached hydrogens (tertiary/aromatic N) is 2. The highest BCUT2D eigenvalue weighted by molar-refractivity contribution is 7.89. The number of rotatable bonds is 10. The molecule has 0 unspecified atom stereocenters. The van der Waals surface area contributed by atoms with Crippen LogP contribution in [0.25, 0.3) is 0 Å². The van der Waals surface area contributed by atoms with E-state index >= 15 is 0 Å². The number of carbonyl (C=O) groups excluding carboxylic acids is 1. The zero-order valence-corrected chi connectivity index (χ0v) is 19.2. The molecule has 1 aliphatic rings. The molecule has 1 saturated heterocycles. The van der Waals surface area contributed by atoms with Crippen molar-refractivity contribution in [3.05, 3.63) is 47.7 Å². The maximum absolute atomic E-state index is 13.1. The Morgan fingerprint density at radius 1 is 1.25 bits per heavy atom. The van der Waals surface area contributed by atoms with Crippen LogP contribution in [0.3, 0.4) is 0 Å². The van der Waals surface area contributed by atoms with Crippen molar-refractivity contribution in [1.29, 1.82) is 0 Å². The van der Waals surface area contributed by atoms with Crippen LogP contribution in [0, 0.1) is 0 Å². The van der Waals surface area contributed by atoms with E-state index < -0.39 is 10.0 Å². The van der Waals surface area contributed by atoms with Crippen LogP contribution in [-0.4, -0.2) is 63.6 Å². The van der Waals surface area contributed by atoms with E-state index in [2.05, 4.69) is 10.3 Å². The molecule has 174 valence electrons. The third-order valence-corrected chi connectivity index (χ3v) is 6.87. The Hall–Kier alpha value is -2.69. The van der Waals surface area contributed by atoms with Gasteiger partial charge in [-0.1, -0.05) is 19.1 Å². The zero-order chi connectivity index (χ0) is 23.0. The van der Waals surface area contributed by atoms with E-state index in [1.54, 1.807) is 24.4 Å². The molecule has 1 fully saturated rings. The fourth-order valence-corrected chi connectivity index (χ4v) is 4.90. The summed E-state index contributed by atoms with van der Waals surface area (Å²) in [5.74, 6) is 0.502. The number of aromatic nitrogens is 1. The van der Waals surface area contributed by atoms with Crippen LogP contribution in [0.5, 0.6) is 11.6 Å². The van der Waals surface area contributed by atoms with Crippen LogP contribution >= 0.6 is 0 Å². The molecule has 0 radical (unpaired) electrons. The molecule has 1 N–H and O–H groups in total. The minimum absolute atomic E-state index is 0.0288. The van der Waals surface area contributed by atoms with E-state index in [1.807, 2.05) is 13.0 Å². The standard InChI is InChI=1S/C22H29N3O6S/c1-3-11-31-22-18(5-4-8-23-22)16-24-21(26)15-17-6-7-19(29-2)20(14-17)32(27,28)25-9-12-30-13-10-25/h4-8,14H,3,9-13,15-16H2,1-2H3,(H,24,26). The van der Waals surface area contributed by atoms with Gasteiger partial charge in [0.1, 0.15) is 10.6 Å². The molecule has 2 heterocycles. The van der Waals surface area contributed by atoms with E-state index in [0.29, 0.717) is 31.3 Å². The van der Waals surface area contributed by atoms with Crippen molar-refractivity contribution in [1.82, 2.24) is 14.6 Å². The summed E-state index contributed by atoms with van der Waals surface area (Å²) in [6.45, 7) is 4.08. The number of carbonyl (C=O) groups is 1. The van der Waals surface area contributed by atoms with Crippen molar-refractivity contribution in [3.63, 3.8) is 0 Å². The van der Waals surface area contributed by atoms with Crippen LogP contribution in [0.15, 0.2) is 41.4 Å². The predicted molar refractivity (Wildman–Crippen MR) is 118 cm³/mol. The van der Waals surface area contributed by atoms with Crippen LogP contribution < -0.4 is 14.8 Å². The molecular formula is C22H29N3O6S. The Morgan fingerprint density at radius 2 is 2.03 bits per heavy atom. The molecule has 32 heavy (non-hydrogen) atoms. The quantitative estimate of drug-likeness (QED) is 0.572. The highest BCUT2D eigenvalue weighted by Crippen LogP contribution is 2.28. The lowest BCUT2D eigenvalue weighted by atomic mass is 10.1. The van der Waals surface area contributed by atoms with Gasteiger partial charge in [-0.05, 0) is 30.2 Å². The Labute approximate surface area is 188 Å². The van der Waals surface area contributed by atoms with E-state index in [-0.39, 0.29) is 42.6 Å². The third-order valence-electron chi connectivity index (χ3n) is 4.95. The van der Waals surface area contributed by atoms with Gasteiger partial charge in [-0.15, -0.1) is 0 Å². The number of amides is 1. The number of morpholine rings is 1. The number of pyridine rings is 1. The molecule has 1 aromatic carbocycles. The molecule has 2 aromatic rings. The van der Waals surface area contributed by atoms with Crippen molar-refractivity contribution in [2.45, 2.75) is 31.2 Å². The van der Waals surface area contributed by atoms with Gasteiger partial charge in [0.05, 0.1) is 33.4 Å². The number of hydrogen-bond donors (Lipinski definition) is 1. The summed E-state index contributed by atoms with van der Waals surface area (Å²) in [4.78, 5) is 16.8. The average Bonchev–Trinajstić information content (AvgIpc) is 2.82. The summed E-state index contributed by atoms with van der Waals surface area (Å²) in [5.41, 5.74) is 1.35. The van der Waals surface area contributed by atoms with Crippen LogP contribution in [-0.2, 0) is 32.5 Å². The molecule has 0 saturated carbocycles. The number of ether oxygens (including phenoxy) is 3. The number of sulfonamides is 1. The zero-order valence-electron chi connectivity index (χ0n) is 18.4. The van der Waals surface area contributed by atoms with Gasteiger partial charge in [-0.25, -0.2) is 13.4 Å². The van der Waals surface area contributed by atoms with E-state index in [0.717, 1.165) is 12.0 Å². The number of benzene rings is 1. The monoisotopic (exact) mass is 463 g/mol. The summed E-state index contributed by atoms with van der Waals surface area (Å²) >= 11 is 0. The first kappa shape index (κ1) is 24.0. The highest BCUT2D eigenvalue weighted by Gasteiger charge is 2.29. The van der Waals surface area contributed by atoms with Crippen LogP contribution in [0.4, 0.5) is 0 Å². The number of hydrogen-bond acceptors (Lipinski definition) is 7. The maximum Gasteiger partial charge on any atom is 0.246 e. The molecular weight excluding hydrogens is 434 g/mol. The minimum atomic E-state index is -3.76. The first-order chi connectivity index (χ1) is 15.5. The Bertz CT molecular complexity index is 1020. The molecule has 1 amide bonds. The van der Waals surface area contributed by atoms with Gasteiger partial charge < -0.3 is 19.5 Å². The second-order valence-corrected chi connectivity index (χ2v) is 9.18. The largest absolute Gasteiger partial charge is 0.495 e. The lowest BCUT2D eigenvalue weighted by molar-refractivity contribution is -0.120. The molecule has 9 nitrogen and oxygen atoms in total. The Kier molecular flexibility index (Phi) is 8.43. The molecule has 0 bridgehead atoms. The van der Waals surface area contributed by atoms with Gasteiger partial charge in [0.25, 0.3) is 0 Å². The first-order valence-electron chi connectivity index (χ1n) is 10.5. The lowest BCUT2D eigenvalue weighted by Crippen LogP contribution is -2.40. The summed E-state index contributed by atoms with van der Waals surface area (Å²) in [5, 5.41) is 2.85. The summed E-state index contributed by atoms with van der Waals surface area (Å²) in [6.07, 6.45) is 2.53. The lowest BCUT2D eigenvalue weighted by Gasteiger charge is -2.26. The molecule has 10 heteroatoms. The second-order valence-electron chi connectivity index (χ2n) is 7.27. The van der Waals surface area contributed by atoms with Crippen molar-refractivity contribution in [3.8, 4) is 11.6 Å². The molecule has 3 rings (SSSR count). The highest BCUT2D eigenvalue weighted by atomic mass is 32.2. The van der Waals surface area contributed by atoms with E-state index in [4.69, 9.17) is 14.2 Å². The van der Waals surface area contributed by atoms with Gasteiger partial charge in [0, 0.05) is 31.4 Å². The average molecular weight is 464 g/mol. The van der Waals surface area contributed by atoms with E-state index in [1.165, 1.54) is 17.5 Å². The fourth-order valence-electron chi connectivity index (χ4n) is 3.29. The second kappa shape index (κ2) is 11.3. The normalized spacial score (nSPS) is 14.7. The van der Waals surface area contributed by atoms with Crippen molar-refractivity contribution >= 4 is 15.9 Å².